The summed E-state index contributed by atoms with van der Waals surface area (Å²) in [6.07, 6.45) is 2.18. The fourth-order valence-corrected chi connectivity index (χ4v) is 7.10. The van der Waals surface area contributed by atoms with Crippen LogP contribution in [0.2, 0.25) is 25.7 Å². The van der Waals surface area contributed by atoms with Gasteiger partial charge in [0, 0.05) is 45.6 Å². The number of rotatable bonds is 9. The molecule has 45 heavy (non-hydrogen) atoms. The summed E-state index contributed by atoms with van der Waals surface area (Å²) in [6.45, 7) is 8.27. The van der Waals surface area contributed by atoms with Crippen LogP contribution in [0.5, 0.6) is 5.75 Å². The first kappa shape index (κ1) is 33.2. The highest BCUT2D eigenvalue weighted by molar-refractivity contribution is 6.76. The average molecular weight is 649 g/mol. The van der Waals surface area contributed by atoms with Gasteiger partial charge in [0.25, 0.3) is 5.91 Å². The molecule has 1 N–H and O–H groups in total. The molecule has 2 fully saturated rings. The van der Waals surface area contributed by atoms with E-state index in [4.69, 9.17) is 9.72 Å². The van der Waals surface area contributed by atoms with E-state index in [0.29, 0.717) is 44.6 Å². The zero-order valence-corrected chi connectivity index (χ0v) is 27.2. The molecule has 13 heteroatoms. The Morgan fingerprint density at radius 2 is 1.76 bits per heavy atom. The number of carbonyl (C=O) groups excluding carboxylic acids is 1. The smallest absolute Gasteiger partial charge is 0.406 e. The van der Waals surface area contributed by atoms with Gasteiger partial charge >= 0.3 is 12.1 Å². The normalized spacial score (nSPS) is 20.4. The Kier molecular flexibility index (Phi) is 10.1. The van der Waals surface area contributed by atoms with Crippen molar-refractivity contribution in [2.75, 3.05) is 19.7 Å². The second-order valence-corrected chi connectivity index (χ2v) is 19.1. The van der Waals surface area contributed by atoms with E-state index in [1.807, 2.05) is 12.3 Å². The summed E-state index contributed by atoms with van der Waals surface area (Å²) in [5.41, 5.74) is 2.38. The number of pyridine rings is 1. The van der Waals surface area contributed by atoms with Gasteiger partial charge in [-0.25, -0.2) is 9.78 Å². The van der Waals surface area contributed by atoms with Crippen LogP contribution in [0.3, 0.4) is 0 Å². The first-order chi connectivity index (χ1) is 21.3. The molecule has 2 unspecified atom stereocenters. The zero-order chi connectivity index (χ0) is 32.4. The van der Waals surface area contributed by atoms with Crippen molar-refractivity contribution in [2.45, 2.75) is 102 Å². The molecule has 1 saturated heterocycles. The Bertz CT molecular complexity index is 1530. The third kappa shape index (κ3) is 8.36. The van der Waals surface area contributed by atoms with Gasteiger partial charge in [0.1, 0.15) is 12.5 Å². The molecule has 1 aliphatic heterocycles. The molecule has 0 spiro atoms. The SMILES string of the molecule is C[Si](C)(C)CCOCn1c(=O)n(C2CCN(C(=O)c3ccc(OC(F)(F)F)cc3)CC2)c2cc(C3CCCCC(O)C3)cnc21. The van der Waals surface area contributed by atoms with Crippen molar-refractivity contribution in [3.8, 4) is 5.75 Å². The molecule has 3 heterocycles. The van der Waals surface area contributed by atoms with Crippen LogP contribution in [0.4, 0.5) is 13.2 Å². The van der Waals surface area contributed by atoms with Gasteiger partial charge < -0.3 is 19.5 Å². The number of benzene rings is 1. The number of carbonyl (C=O) groups is 1. The van der Waals surface area contributed by atoms with Crippen molar-refractivity contribution in [2.24, 2.45) is 0 Å². The minimum atomic E-state index is -4.80. The Hall–Kier alpha value is -3.16. The van der Waals surface area contributed by atoms with Crippen molar-refractivity contribution >= 4 is 25.1 Å². The fourth-order valence-electron chi connectivity index (χ4n) is 6.34. The van der Waals surface area contributed by atoms with Crippen LogP contribution < -0.4 is 10.4 Å². The standard InChI is InChI=1S/C32H43F3N4O5Si/c1-45(2,3)17-16-43-21-38-29-28(19-24(20-36-29)23-6-4-5-7-26(40)18-23)39(31(38)42)25-12-14-37(15-13-25)30(41)22-8-10-27(11-9-22)44-32(33,34)35/h8-11,19-20,23,25-26,40H,4-7,12-18,21H2,1-3H3. The predicted molar refractivity (Wildman–Crippen MR) is 167 cm³/mol. The summed E-state index contributed by atoms with van der Waals surface area (Å²) in [6, 6.07) is 7.77. The summed E-state index contributed by atoms with van der Waals surface area (Å²) in [5, 5.41) is 10.5. The first-order valence-electron chi connectivity index (χ1n) is 15.8. The van der Waals surface area contributed by atoms with Crippen LogP contribution in [0.1, 0.15) is 72.8 Å². The molecular weight excluding hydrogens is 605 g/mol. The number of aliphatic hydroxyl groups excluding tert-OH is 1. The van der Waals surface area contributed by atoms with Gasteiger partial charge in [0.2, 0.25) is 0 Å². The number of aromatic nitrogens is 3. The Balaban J connectivity index is 1.36. The maximum absolute atomic E-state index is 13.9. The van der Waals surface area contributed by atoms with E-state index in [9.17, 15) is 27.9 Å². The zero-order valence-electron chi connectivity index (χ0n) is 26.2. The van der Waals surface area contributed by atoms with Crippen LogP contribution in [0.15, 0.2) is 41.3 Å². The van der Waals surface area contributed by atoms with Gasteiger partial charge in [-0.2, -0.15) is 0 Å². The molecule has 9 nitrogen and oxygen atoms in total. The monoisotopic (exact) mass is 648 g/mol. The van der Waals surface area contributed by atoms with Crippen molar-refractivity contribution in [3.63, 3.8) is 0 Å². The number of aliphatic hydroxyl groups is 1. The molecule has 0 bridgehead atoms. The van der Waals surface area contributed by atoms with Crippen LogP contribution in [-0.2, 0) is 11.5 Å². The van der Waals surface area contributed by atoms with Gasteiger partial charge in [-0.05, 0) is 80.0 Å². The summed E-state index contributed by atoms with van der Waals surface area (Å²) < 4.78 is 50.8. The largest absolute Gasteiger partial charge is 0.573 e. The number of hydrogen-bond donors (Lipinski definition) is 1. The number of fused-ring (bicyclic) bond motifs is 1. The molecule has 1 saturated carbocycles. The first-order valence-corrected chi connectivity index (χ1v) is 19.5. The molecule has 246 valence electrons. The third-order valence-electron chi connectivity index (χ3n) is 8.86. The van der Waals surface area contributed by atoms with E-state index < -0.39 is 14.4 Å². The number of piperidine rings is 1. The predicted octanol–water partition coefficient (Wildman–Crippen LogP) is 6.29. The van der Waals surface area contributed by atoms with Crippen molar-refractivity contribution in [1.82, 2.24) is 19.0 Å². The van der Waals surface area contributed by atoms with Gasteiger partial charge in [0.15, 0.2) is 5.65 Å². The lowest BCUT2D eigenvalue weighted by molar-refractivity contribution is -0.274. The number of alkyl halides is 3. The van der Waals surface area contributed by atoms with Crippen LogP contribution in [0, 0.1) is 0 Å². The topological polar surface area (TPSA) is 98.8 Å². The second-order valence-electron chi connectivity index (χ2n) is 13.5. The van der Waals surface area contributed by atoms with Gasteiger partial charge in [0.05, 0.1) is 11.6 Å². The van der Waals surface area contributed by atoms with Gasteiger partial charge in [-0.15, -0.1) is 13.2 Å². The molecule has 2 aromatic heterocycles. The fraction of sp³-hybridized carbons (Fsp3) is 0.594. The lowest BCUT2D eigenvalue weighted by Crippen LogP contribution is -2.41. The van der Waals surface area contributed by atoms with Crippen LogP contribution >= 0.6 is 0 Å². The van der Waals surface area contributed by atoms with E-state index in [1.165, 1.54) is 12.1 Å². The number of imidazole rings is 1. The van der Waals surface area contributed by atoms with Gasteiger partial charge in [-0.1, -0.05) is 32.5 Å². The second kappa shape index (κ2) is 13.7. The molecule has 1 aromatic carbocycles. The third-order valence-corrected chi connectivity index (χ3v) is 10.6. The van der Waals surface area contributed by atoms with E-state index in [0.717, 1.165) is 54.9 Å². The number of nitrogens with zero attached hydrogens (tertiary/aromatic N) is 4. The quantitative estimate of drug-likeness (QED) is 0.166. The highest BCUT2D eigenvalue weighted by Gasteiger charge is 2.32. The van der Waals surface area contributed by atoms with Crippen molar-refractivity contribution in [1.29, 1.82) is 0 Å². The average Bonchev–Trinajstić information content (AvgIpc) is 3.09. The summed E-state index contributed by atoms with van der Waals surface area (Å²) in [5.74, 6) is -0.510. The molecule has 2 atom stereocenters. The van der Waals surface area contributed by atoms with Gasteiger partial charge in [-0.3, -0.25) is 13.9 Å². The summed E-state index contributed by atoms with van der Waals surface area (Å²) in [7, 11) is -1.31. The Labute approximate surface area is 262 Å². The maximum Gasteiger partial charge on any atom is 0.573 e. The Morgan fingerprint density at radius 1 is 1.07 bits per heavy atom. The molecule has 5 rings (SSSR count). The highest BCUT2D eigenvalue weighted by atomic mass is 28.3. The van der Waals surface area contributed by atoms with E-state index in [1.54, 1.807) is 14.0 Å². The van der Waals surface area contributed by atoms with Crippen molar-refractivity contribution in [3.05, 3.63) is 58.1 Å². The van der Waals surface area contributed by atoms with E-state index in [2.05, 4.69) is 24.4 Å². The van der Waals surface area contributed by atoms with Crippen molar-refractivity contribution < 1.29 is 32.5 Å². The molecular formula is C32H43F3N4O5Si. The molecule has 3 aromatic rings. The van der Waals surface area contributed by atoms with E-state index >= 15 is 0 Å². The minimum Gasteiger partial charge on any atom is -0.406 e. The minimum absolute atomic E-state index is 0.104. The number of amides is 1. The number of halogens is 3. The lowest BCUT2D eigenvalue weighted by atomic mass is 9.92. The molecule has 1 amide bonds. The summed E-state index contributed by atoms with van der Waals surface area (Å²) in [4.78, 5) is 33.5. The van der Waals surface area contributed by atoms with Crippen LogP contribution in [0.25, 0.3) is 11.2 Å². The molecule has 0 radical (unpaired) electrons. The molecule has 1 aliphatic carbocycles. The number of ether oxygens (including phenoxy) is 2. The number of hydrogen-bond acceptors (Lipinski definition) is 6. The van der Waals surface area contributed by atoms with Crippen LogP contribution in [-0.4, -0.2) is 70.3 Å². The maximum atomic E-state index is 13.9. The molecule has 2 aliphatic rings. The van der Waals surface area contributed by atoms with E-state index in [-0.39, 0.29) is 47.7 Å². The lowest BCUT2D eigenvalue weighted by Gasteiger charge is -2.32. The number of likely N-dealkylation sites (tertiary alicyclic amines) is 1. The Morgan fingerprint density at radius 3 is 2.42 bits per heavy atom. The highest BCUT2D eigenvalue weighted by Crippen LogP contribution is 2.34. The summed E-state index contributed by atoms with van der Waals surface area (Å²) >= 11 is 0.